The fraction of sp³-hybridized carbons (Fsp3) is 0.615. The topological polar surface area (TPSA) is 106 Å². The molecule has 0 spiro atoms. The monoisotopic (exact) mass is 279 g/mol. The fourth-order valence-electron chi connectivity index (χ4n) is 2.66. The third kappa shape index (κ3) is 3.16. The van der Waals surface area contributed by atoms with Crippen LogP contribution in [0.4, 0.5) is 17.3 Å². The van der Waals surface area contributed by atoms with Crippen LogP contribution < -0.4 is 16.6 Å². The van der Waals surface area contributed by atoms with Gasteiger partial charge in [0.2, 0.25) is 5.82 Å². The Morgan fingerprint density at radius 2 is 2.10 bits per heavy atom. The average Bonchev–Trinajstić information content (AvgIpc) is 2.42. The number of hydrazine groups is 1. The Labute approximate surface area is 118 Å². The van der Waals surface area contributed by atoms with Gasteiger partial charge in [-0.2, -0.15) is 0 Å². The molecule has 3 atom stereocenters. The maximum Gasteiger partial charge on any atom is 0.311 e. The Morgan fingerprint density at radius 1 is 1.35 bits per heavy atom. The Balaban J connectivity index is 2.17. The molecule has 0 aliphatic heterocycles. The van der Waals surface area contributed by atoms with Gasteiger partial charge in [0.05, 0.1) is 4.92 Å². The molecule has 110 valence electrons. The molecule has 3 unspecified atom stereocenters. The van der Waals surface area contributed by atoms with Crippen molar-refractivity contribution in [1.29, 1.82) is 0 Å². The quantitative estimate of drug-likeness (QED) is 0.444. The van der Waals surface area contributed by atoms with E-state index in [4.69, 9.17) is 5.84 Å². The van der Waals surface area contributed by atoms with E-state index >= 15 is 0 Å². The van der Waals surface area contributed by atoms with Crippen molar-refractivity contribution in [3.05, 3.63) is 22.2 Å². The maximum atomic E-state index is 11.1. The Hall–Kier alpha value is -1.89. The fourth-order valence-corrected chi connectivity index (χ4v) is 2.66. The van der Waals surface area contributed by atoms with Crippen LogP contribution in [0.2, 0.25) is 0 Å². The molecular formula is C13H21N5O2. The van der Waals surface area contributed by atoms with Gasteiger partial charge in [-0.15, -0.1) is 0 Å². The molecule has 7 nitrogen and oxygen atoms in total. The minimum absolute atomic E-state index is 0.0183. The van der Waals surface area contributed by atoms with Crippen LogP contribution in [0.5, 0.6) is 0 Å². The van der Waals surface area contributed by atoms with Crippen molar-refractivity contribution in [2.45, 2.75) is 39.2 Å². The van der Waals surface area contributed by atoms with E-state index in [0.29, 0.717) is 17.7 Å². The molecule has 0 aromatic carbocycles. The molecule has 4 N–H and O–H groups in total. The summed E-state index contributed by atoms with van der Waals surface area (Å²) in [6.45, 7) is 4.47. The minimum atomic E-state index is -0.426. The molecule has 1 aromatic heterocycles. The van der Waals surface area contributed by atoms with Gasteiger partial charge in [0.25, 0.3) is 0 Å². The van der Waals surface area contributed by atoms with Gasteiger partial charge in [-0.25, -0.2) is 10.8 Å². The van der Waals surface area contributed by atoms with Crippen molar-refractivity contribution in [2.24, 2.45) is 17.7 Å². The van der Waals surface area contributed by atoms with Crippen molar-refractivity contribution < 1.29 is 4.92 Å². The standard InChI is InChI=1S/C13H21N5O2/c1-8-3-4-10(7-9(8)2)15-13-11(18(19)20)5-6-12(16-13)17-14/h5-6,8-10H,3-4,7,14H2,1-2H3,(H2,15,16,17). The van der Waals surface area contributed by atoms with E-state index in [1.807, 2.05) is 0 Å². The second kappa shape index (κ2) is 6.04. The van der Waals surface area contributed by atoms with Gasteiger partial charge >= 0.3 is 5.69 Å². The lowest BCUT2D eigenvalue weighted by Crippen LogP contribution is -2.31. The first-order valence-corrected chi connectivity index (χ1v) is 6.90. The summed E-state index contributed by atoms with van der Waals surface area (Å²) in [5.74, 6) is 7.32. The summed E-state index contributed by atoms with van der Waals surface area (Å²) in [5.41, 5.74) is 2.39. The first kappa shape index (κ1) is 14.5. The summed E-state index contributed by atoms with van der Waals surface area (Å²) in [4.78, 5) is 14.8. The number of nitrogens with zero attached hydrogens (tertiary/aromatic N) is 2. The highest BCUT2D eigenvalue weighted by Gasteiger charge is 2.26. The summed E-state index contributed by atoms with van der Waals surface area (Å²) in [7, 11) is 0. The van der Waals surface area contributed by atoms with E-state index in [-0.39, 0.29) is 17.5 Å². The Morgan fingerprint density at radius 3 is 2.70 bits per heavy atom. The molecule has 0 bridgehead atoms. The number of rotatable bonds is 4. The molecular weight excluding hydrogens is 258 g/mol. The number of nitrogens with one attached hydrogen (secondary N) is 2. The average molecular weight is 279 g/mol. The molecule has 2 rings (SSSR count). The molecule has 1 aliphatic carbocycles. The highest BCUT2D eigenvalue weighted by atomic mass is 16.6. The van der Waals surface area contributed by atoms with Gasteiger partial charge in [0.15, 0.2) is 0 Å². The normalized spacial score (nSPS) is 26.1. The van der Waals surface area contributed by atoms with Crippen LogP contribution in [0.3, 0.4) is 0 Å². The van der Waals surface area contributed by atoms with Crippen LogP contribution in [-0.4, -0.2) is 15.9 Å². The van der Waals surface area contributed by atoms with Gasteiger partial charge in [0, 0.05) is 12.1 Å². The first-order valence-electron chi connectivity index (χ1n) is 6.90. The zero-order chi connectivity index (χ0) is 14.7. The molecule has 0 saturated heterocycles. The van der Waals surface area contributed by atoms with Crippen molar-refractivity contribution >= 4 is 17.3 Å². The minimum Gasteiger partial charge on any atom is -0.362 e. The van der Waals surface area contributed by atoms with Gasteiger partial charge < -0.3 is 10.7 Å². The predicted octanol–water partition coefficient (Wildman–Crippen LogP) is 2.51. The molecule has 0 amide bonds. The second-order valence-electron chi connectivity index (χ2n) is 5.57. The Kier molecular flexibility index (Phi) is 4.39. The third-order valence-corrected chi connectivity index (χ3v) is 4.16. The SMILES string of the molecule is CC1CCC(Nc2nc(NN)ccc2[N+](=O)[O-])CC1C. The van der Waals surface area contributed by atoms with Crippen LogP contribution >= 0.6 is 0 Å². The lowest BCUT2D eigenvalue weighted by atomic mass is 9.79. The van der Waals surface area contributed by atoms with Gasteiger partial charge in [0.1, 0.15) is 5.82 Å². The largest absolute Gasteiger partial charge is 0.362 e. The molecule has 1 saturated carbocycles. The van der Waals surface area contributed by atoms with Crippen LogP contribution in [0.1, 0.15) is 33.1 Å². The second-order valence-corrected chi connectivity index (χ2v) is 5.57. The van der Waals surface area contributed by atoms with Crippen LogP contribution in [0, 0.1) is 22.0 Å². The molecule has 1 aliphatic rings. The zero-order valence-electron chi connectivity index (χ0n) is 11.8. The number of hydrogen-bond donors (Lipinski definition) is 3. The number of nitrogen functional groups attached to an aromatic ring is 1. The highest BCUT2D eigenvalue weighted by molar-refractivity contribution is 5.60. The lowest BCUT2D eigenvalue weighted by molar-refractivity contribution is -0.384. The third-order valence-electron chi connectivity index (χ3n) is 4.16. The van der Waals surface area contributed by atoms with Crippen LogP contribution in [-0.2, 0) is 0 Å². The molecule has 7 heteroatoms. The van der Waals surface area contributed by atoms with Crippen molar-refractivity contribution in [2.75, 3.05) is 10.7 Å². The maximum absolute atomic E-state index is 11.1. The van der Waals surface area contributed by atoms with Gasteiger partial charge in [-0.1, -0.05) is 13.8 Å². The van der Waals surface area contributed by atoms with E-state index < -0.39 is 4.92 Å². The molecule has 1 aromatic rings. The van der Waals surface area contributed by atoms with Crippen LogP contribution in [0.25, 0.3) is 0 Å². The summed E-state index contributed by atoms with van der Waals surface area (Å²) in [6, 6.07) is 3.13. The summed E-state index contributed by atoms with van der Waals surface area (Å²) < 4.78 is 0. The zero-order valence-corrected chi connectivity index (χ0v) is 11.8. The number of nitrogens with two attached hydrogens (primary N) is 1. The first-order chi connectivity index (χ1) is 9.51. The van der Waals surface area contributed by atoms with E-state index in [0.717, 1.165) is 19.3 Å². The summed E-state index contributed by atoms with van der Waals surface area (Å²) in [6.07, 6.45) is 3.13. The highest BCUT2D eigenvalue weighted by Crippen LogP contribution is 2.32. The summed E-state index contributed by atoms with van der Waals surface area (Å²) >= 11 is 0. The van der Waals surface area contributed by atoms with Gasteiger partial charge in [-0.05, 0) is 37.2 Å². The predicted molar refractivity (Wildman–Crippen MR) is 78.3 cm³/mol. The Bertz CT molecular complexity index is 494. The van der Waals surface area contributed by atoms with Gasteiger partial charge in [-0.3, -0.25) is 10.1 Å². The van der Waals surface area contributed by atoms with Crippen molar-refractivity contribution in [3.63, 3.8) is 0 Å². The number of nitro groups is 1. The molecule has 1 heterocycles. The molecule has 1 fully saturated rings. The molecule has 20 heavy (non-hydrogen) atoms. The molecule has 0 radical (unpaired) electrons. The number of aromatic nitrogens is 1. The summed E-state index contributed by atoms with van der Waals surface area (Å²) in [5, 5.41) is 14.3. The van der Waals surface area contributed by atoms with E-state index in [1.54, 1.807) is 0 Å². The number of pyridine rings is 1. The van der Waals surface area contributed by atoms with E-state index in [9.17, 15) is 10.1 Å². The number of anilines is 2. The van der Waals surface area contributed by atoms with E-state index in [1.165, 1.54) is 12.1 Å². The number of hydrogen-bond acceptors (Lipinski definition) is 6. The van der Waals surface area contributed by atoms with Crippen LogP contribution in [0.15, 0.2) is 12.1 Å². The van der Waals surface area contributed by atoms with Crippen molar-refractivity contribution in [3.8, 4) is 0 Å². The van der Waals surface area contributed by atoms with E-state index in [2.05, 4.69) is 29.6 Å². The smallest absolute Gasteiger partial charge is 0.311 e. The van der Waals surface area contributed by atoms with Crippen molar-refractivity contribution in [1.82, 2.24) is 4.98 Å². The lowest BCUT2D eigenvalue weighted by Gasteiger charge is -2.32.